The van der Waals surface area contributed by atoms with Crippen molar-refractivity contribution in [2.45, 2.75) is 49.9 Å². The quantitative estimate of drug-likeness (QED) is 0.580. The Hall–Kier alpha value is -3.25. The highest BCUT2D eigenvalue weighted by atomic mass is 19.4. The Morgan fingerprint density at radius 1 is 1.19 bits per heavy atom. The van der Waals surface area contributed by atoms with Gasteiger partial charge in [-0.2, -0.15) is 23.4 Å². The van der Waals surface area contributed by atoms with E-state index in [0.29, 0.717) is 18.2 Å². The Kier molecular flexibility index (Phi) is 4.43. The molecule has 3 aromatic heterocycles. The van der Waals surface area contributed by atoms with E-state index in [1.807, 2.05) is 0 Å². The molecule has 0 aromatic carbocycles. The number of piperidine rings is 1. The molecule has 4 heterocycles. The van der Waals surface area contributed by atoms with Gasteiger partial charge in [-0.15, -0.1) is 0 Å². The van der Waals surface area contributed by atoms with Crippen LogP contribution >= 0.6 is 0 Å². The van der Waals surface area contributed by atoms with Crippen molar-refractivity contribution < 1.29 is 26.7 Å². The number of alkyl halides is 5. The lowest BCUT2D eigenvalue weighted by Crippen LogP contribution is -2.52. The highest BCUT2D eigenvalue weighted by Crippen LogP contribution is 2.52. The van der Waals surface area contributed by atoms with E-state index in [9.17, 15) is 26.7 Å². The van der Waals surface area contributed by atoms with Gasteiger partial charge in [0.2, 0.25) is 0 Å². The number of H-pyrrole nitrogens is 1. The Balaban J connectivity index is 1.40. The summed E-state index contributed by atoms with van der Waals surface area (Å²) in [5, 5.41) is 13.5. The number of urea groups is 1. The molecule has 2 amide bonds. The fourth-order valence-corrected chi connectivity index (χ4v) is 4.25. The van der Waals surface area contributed by atoms with Crippen LogP contribution < -0.4 is 5.32 Å². The topological polar surface area (TPSA) is 91.7 Å². The number of halogens is 5. The number of nitrogens with one attached hydrogen (secondary N) is 2. The molecule has 1 aliphatic carbocycles. The number of hydrogen-bond donors (Lipinski definition) is 2. The summed E-state index contributed by atoms with van der Waals surface area (Å²) in [7, 11) is 0. The van der Waals surface area contributed by atoms with Gasteiger partial charge in [-0.1, -0.05) is 0 Å². The number of amides is 2. The van der Waals surface area contributed by atoms with Crippen molar-refractivity contribution in [2.24, 2.45) is 0 Å². The van der Waals surface area contributed by atoms with E-state index in [2.05, 4.69) is 25.6 Å². The lowest BCUT2D eigenvalue weighted by atomic mass is 9.96. The van der Waals surface area contributed by atoms with Crippen LogP contribution in [-0.2, 0) is 6.54 Å². The number of fused-ring (bicyclic) bond motifs is 1. The SMILES string of the molecule is O=C(Nc1cn[nH]c1-c1cc2c(cn1)cnn2CC(F)(F)F)N1CCC(F)(F)CC12CC2. The van der Waals surface area contributed by atoms with E-state index < -0.39 is 36.6 Å². The maximum atomic E-state index is 13.8. The zero-order valence-electron chi connectivity index (χ0n) is 16.6. The number of aromatic nitrogens is 5. The number of pyridine rings is 1. The number of likely N-dealkylation sites (tertiary alicyclic amines) is 1. The molecule has 1 spiro atoms. The lowest BCUT2D eigenvalue weighted by Gasteiger charge is -2.39. The molecule has 1 saturated heterocycles. The third-order valence-electron chi connectivity index (χ3n) is 5.93. The zero-order valence-corrected chi connectivity index (χ0v) is 16.6. The average molecular weight is 455 g/mol. The van der Waals surface area contributed by atoms with Gasteiger partial charge in [-0.25, -0.2) is 13.6 Å². The van der Waals surface area contributed by atoms with Gasteiger partial charge < -0.3 is 10.2 Å². The first-order valence-corrected chi connectivity index (χ1v) is 9.94. The van der Waals surface area contributed by atoms with Crippen LogP contribution in [0.2, 0.25) is 0 Å². The normalized spacial score (nSPS) is 19.5. The molecule has 3 aromatic rings. The molecular weight excluding hydrogens is 437 g/mol. The number of rotatable bonds is 3. The fourth-order valence-electron chi connectivity index (χ4n) is 4.25. The van der Waals surface area contributed by atoms with E-state index in [-0.39, 0.29) is 35.6 Å². The number of carbonyl (C=O) groups is 1. The van der Waals surface area contributed by atoms with Crippen molar-refractivity contribution >= 4 is 22.6 Å². The van der Waals surface area contributed by atoms with Gasteiger partial charge >= 0.3 is 12.2 Å². The second kappa shape index (κ2) is 6.87. The summed E-state index contributed by atoms with van der Waals surface area (Å²) < 4.78 is 66.9. The third-order valence-corrected chi connectivity index (χ3v) is 5.93. The van der Waals surface area contributed by atoms with Crippen molar-refractivity contribution in [3.63, 3.8) is 0 Å². The molecule has 13 heteroatoms. The highest BCUT2D eigenvalue weighted by Gasteiger charge is 2.58. The van der Waals surface area contributed by atoms with Gasteiger partial charge in [0.05, 0.1) is 34.8 Å². The Labute approximate surface area is 177 Å². The van der Waals surface area contributed by atoms with E-state index in [4.69, 9.17) is 0 Å². The minimum absolute atomic E-state index is 0.0626. The van der Waals surface area contributed by atoms with Gasteiger partial charge in [0, 0.05) is 31.0 Å². The molecule has 0 bridgehead atoms. The van der Waals surface area contributed by atoms with Gasteiger partial charge in [0.15, 0.2) is 0 Å². The summed E-state index contributed by atoms with van der Waals surface area (Å²) in [4.78, 5) is 18.5. The minimum atomic E-state index is -4.44. The smallest absolute Gasteiger partial charge is 0.318 e. The molecule has 8 nitrogen and oxygen atoms in total. The summed E-state index contributed by atoms with van der Waals surface area (Å²) in [5.74, 6) is -2.78. The molecule has 2 N–H and O–H groups in total. The van der Waals surface area contributed by atoms with E-state index in [1.165, 1.54) is 29.6 Å². The molecule has 0 radical (unpaired) electrons. The monoisotopic (exact) mass is 455 g/mol. The Morgan fingerprint density at radius 3 is 2.69 bits per heavy atom. The van der Waals surface area contributed by atoms with Gasteiger partial charge in [0.25, 0.3) is 5.92 Å². The molecule has 1 aliphatic heterocycles. The van der Waals surface area contributed by atoms with E-state index >= 15 is 0 Å². The first-order chi connectivity index (χ1) is 15.1. The van der Waals surface area contributed by atoms with Crippen molar-refractivity contribution in [3.05, 3.63) is 24.7 Å². The lowest BCUT2D eigenvalue weighted by molar-refractivity contribution is -0.141. The predicted octanol–water partition coefficient (Wildman–Crippen LogP) is 4.18. The first-order valence-electron chi connectivity index (χ1n) is 9.94. The number of anilines is 1. The molecule has 2 aliphatic rings. The second-order valence-corrected chi connectivity index (χ2v) is 8.29. The number of carbonyl (C=O) groups excluding carboxylic acids is 1. The summed E-state index contributed by atoms with van der Waals surface area (Å²) in [6, 6.07) is 0.894. The molecule has 32 heavy (non-hydrogen) atoms. The second-order valence-electron chi connectivity index (χ2n) is 8.29. The van der Waals surface area contributed by atoms with Gasteiger partial charge in [-0.3, -0.25) is 14.8 Å². The van der Waals surface area contributed by atoms with Crippen molar-refractivity contribution in [1.29, 1.82) is 0 Å². The summed E-state index contributed by atoms with van der Waals surface area (Å²) in [5.41, 5.74) is 0.177. The van der Waals surface area contributed by atoms with Gasteiger partial charge in [-0.05, 0) is 18.9 Å². The molecule has 0 unspecified atom stereocenters. The number of aromatic amines is 1. The van der Waals surface area contributed by atoms with Crippen LogP contribution in [0.4, 0.5) is 32.4 Å². The van der Waals surface area contributed by atoms with Crippen molar-refractivity contribution in [3.8, 4) is 11.4 Å². The Morgan fingerprint density at radius 2 is 1.97 bits per heavy atom. The number of hydrogen-bond acceptors (Lipinski definition) is 4. The van der Waals surface area contributed by atoms with Crippen LogP contribution in [0.15, 0.2) is 24.7 Å². The molecule has 170 valence electrons. The molecule has 2 fully saturated rings. The summed E-state index contributed by atoms with van der Waals surface area (Å²) >= 11 is 0. The first kappa shape index (κ1) is 20.6. The largest absolute Gasteiger partial charge is 0.408 e. The highest BCUT2D eigenvalue weighted by molar-refractivity contribution is 5.94. The fraction of sp³-hybridized carbons (Fsp3) is 0.474. The standard InChI is InChI=1S/C19H18F5N7O/c20-18(21)3-4-30(17(9-18)1-2-17)16(32)28-13-8-26-29-15(13)12-5-14-11(6-25-12)7-27-31(14)10-19(22,23)24/h5-8H,1-4,9-10H2,(H,26,29)(H,28,32). The minimum Gasteiger partial charge on any atom is -0.318 e. The summed E-state index contributed by atoms with van der Waals surface area (Å²) in [6.45, 7) is -1.32. The van der Waals surface area contributed by atoms with Crippen LogP contribution in [0.25, 0.3) is 22.3 Å². The molecule has 1 saturated carbocycles. The summed E-state index contributed by atoms with van der Waals surface area (Å²) in [6.07, 6.45) is -0.151. The maximum Gasteiger partial charge on any atom is 0.408 e. The molecule has 5 rings (SSSR count). The molecule has 0 atom stereocenters. The third kappa shape index (κ3) is 3.75. The maximum absolute atomic E-state index is 13.8. The predicted molar refractivity (Wildman–Crippen MR) is 103 cm³/mol. The van der Waals surface area contributed by atoms with Crippen LogP contribution in [0, 0.1) is 0 Å². The van der Waals surface area contributed by atoms with Crippen LogP contribution in [0.1, 0.15) is 25.7 Å². The van der Waals surface area contributed by atoms with E-state index in [1.54, 1.807) is 0 Å². The van der Waals surface area contributed by atoms with E-state index in [0.717, 1.165) is 4.68 Å². The van der Waals surface area contributed by atoms with Crippen LogP contribution in [0.5, 0.6) is 0 Å². The van der Waals surface area contributed by atoms with Crippen molar-refractivity contribution in [2.75, 3.05) is 11.9 Å². The van der Waals surface area contributed by atoms with Crippen LogP contribution in [0.3, 0.4) is 0 Å². The van der Waals surface area contributed by atoms with Gasteiger partial charge in [0.1, 0.15) is 12.2 Å². The number of nitrogens with zero attached hydrogens (tertiary/aromatic N) is 5. The van der Waals surface area contributed by atoms with Crippen molar-refractivity contribution in [1.82, 2.24) is 29.9 Å². The zero-order chi connectivity index (χ0) is 22.7. The average Bonchev–Trinajstić information content (AvgIpc) is 3.11. The van der Waals surface area contributed by atoms with Crippen LogP contribution in [-0.4, -0.2) is 60.1 Å². The Bertz CT molecular complexity index is 1180. The molecular formula is C19H18F5N7O.